The first-order valence-electron chi connectivity index (χ1n) is 6.53. The van der Waals surface area contributed by atoms with Crippen LogP contribution in [0.5, 0.6) is 0 Å². The van der Waals surface area contributed by atoms with Crippen LogP contribution in [0.25, 0.3) is 0 Å². The van der Waals surface area contributed by atoms with E-state index in [2.05, 4.69) is 13.8 Å². The Kier molecular flexibility index (Phi) is 4.73. The van der Waals surface area contributed by atoms with E-state index in [1.54, 1.807) is 0 Å². The molecular formula is C13H24N2O3. The molecule has 1 unspecified atom stereocenters. The van der Waals surface area contributed by atoms with Crippen molar-refractivity contribution in [3.8, 4) is 0 Å². The normalized spacial score (nSPS) is 24.3. The molecule has 5 nitrogen and oxygen atoms in total. The number of aliphatic carboxylic acids is 1. The van der Waals surface area contributed by atoms with Crippen molar-refractivity contribution in [2.24, 2.45) is 0 Å². The summed E-state index contributed by atoms with van der Waals surface area (Å²) < 4.78 is 0. The predicted octanol–water partition coefficient (Wildman–Crippen LogP) is 1.18. The van der Waals surface area contributed by atoms with Gasteiger partial charge in [-0.3, -0.25) is 14.5 Å². The number of carboxylic acids is 1. The molecule has 0 aliphatic carbocycles. The molecule has 1 aliphatic heterocycles. The number of amides is 1. The van der Waals surface area contributed by atoms with E-state index in [-0.39, 0.29) is 23.9 Å². The average molecular weight is 256 g/mol. The van der Waals surface area contributed by atoms with Crippen LogP contribution in [0.2, 0.25) is 0 Å². The van der Waals surface area contributed by atoms with Gasteiger partial charge in [0.15, 0.2) is 0 Å². The molecule has 1 rings (SSSR count). The molecule has 0 aromatic carbocycles. The molecule has 1 fully saturated rings. The van der Waals surface area contributed by atoms with Crippen LogP contribution in [0.1, 0.15) is 40.0 Å². The van der Waals surface area contributed by atoms with Crippen molar-refractivity contribution in [1.82, 2.24) is 9.80 Å². The summed E-state index contributed by atoms with van der Waals surface area (Å²) in [5.41, 5.74) is -0.105. The fourth-order valence-electron chi connectivity index (χ4n) is 2.49. The van der Waals surface area contributed by atoms with Gasteiger partial charge in [0.05, 0.1) is 6.04 Å². The van der Waals surface area contributed by atoms with Gasteiger partial charge >= 0.3 is 5.97 Å². The van der Waals surface area contributed by atoms with Crippen molar-refractivity contribution in [2.75, 3.05) is 20.1 Å². The molecule has 1 N–H and O–H groups in total. The van der Waals surface area contributed by atoms with Crippen molar-refractivity contribution in [3.05, 3.63) is 0 Å². The van der Waals surface area contributed by atoms with Crippen LogP contribution in [0.4, 0.5) is 0 Å². The molecule has 0 radical (unpaired) electrons. The third-order valence-electron chi connectivity index (χ3n) is 3.72. The topological polar surface area (TPSA) is 60.9 Å². The number of hydrogen-bond acceptors (Lipinski definition) is 3. The number of carbonyl (C=O) groups excluding carboxylic acids is 1. The zero-order chi connectivity index (χ0) is 13.9. The largest absolute Gasteiger partial charge is 0.481 e. The summed E-state index contributed by atoms with van der Waals surface area (Å²) in [5.74, 6) is -0.776. The van der Waals surface area contributed by atoms with Crippen molar-refractivity contribution >= 4 is 11.9 Å². The summed E-state index contributed by atoms with van der Waals surface area (Å²) in [4.78, 5) is 26.9. The Hall–Kier alpha value is -1.10. The van der Waals surface area contributed by atoms with E-state index in [1.165, 1.54) is 0 Å². The number of likely N-dealkylation sites (N-methyl/N-ethyl adjacent to an activating group) is 1. The second kappa shape index (κ2) is 5.69. The molecule has 0 spiro atoms. The molecule has 0 aromatic heterocycles. The Bertz CT molecular complexity index is 328. The van der Waals surface area contributed by atoms with E-state index in [1.807, 2.05) is 23.8 Å². The van der Waals surface area contributed by atoms with E-state index in [0.29, 0.717) is 13.0 Å². The van der Waals surface area contributed by atoms with Crippen LogP contribution < -0.4 is 0 Å². The number of nitrogens with zero attached hydrogens (tertiary/aromatic N) is 2. The molecule has 1 amide bonds. The standard InChI is InChI=1S/C13H24N2O3/c1-5-8-15-9-13(2,3)14(4)10(12(15)18)6-7-11(16)17/h10H,5-9H2,1-4H3,(H,16,17). The third kappa shape index (κ3) is 3.22. The van der Waals surface area contributed by atoms with E-state index in [9.17, 15) is 9.59 Å². The van der Waals surface area contributed by atoms with Crippen molar-refractivity contribution in [2.45, 2.75) is 51.6 Å². The van der Waals surface area contributed by atoms with Gasteiger partial charge < -0.3 is 10.0 Å². The van der Waals surface area contributed by atoms with Crippen molar-refractivity contribution in [1.29, 1.82) is 0 Å². The van der Waals surface area contributed by atoms with Gasteiger partial charge in [0.2, 0.25) is 5.91 Å². The molecular weight excluding hydrogens is 232 g/mol. The summed E-state index contributed by atoms with van der Waals surface area (Å²) in [7, 11) is 1.91. The number of carbonyl (C=O) groups is 2. The van der Waals surface area contributed by atoms with Crippen LogP contribution in [-0.4, -0.2) is 58.5 Å². The number of carboxylic acid groups (broad SMARTS) is 1. The molecule has 0 saturated carbocycles. The number of rotatable bonds is 5. The molecule has 5 heteroatoms. The minimum absolute atomic E-state index is 0.0385. The molecule has 1 atom stereocenters. The maximum Gasteiger partial charge on any atom is 0.303 e. The van der Waals surface area contributed by atoms with E-state index in [0.717, 1.165) is 13.0 Å². The average Bonchev–Trinajstić information content (AvgIpc) is 2.26. The van der Waals surface area contributed by atoms with Crippen molar-refractivity contribution in [3.63, 3.8) is 0 Å². The third-order valence-corrected chi connectivity index (χ3v) is 3.72. The van der Waals surface area contributed by atoms with Crippen LogP contribution in [0.15, 0.2) is 0 Å². The summed E-state index contributed by atoms with van der Waals surface area (Å²) in [6.45, 7) is 7.69. The first-order chi connectivity index (χ1) is 8.29. The molecule has 1 aliphatic rings. The minimum atomic E-state index is -0.846. The van der Waals surface area contributed by atoms with Gasteiger partial charge in [-0.25, -0.2) is 0 Å². The van der Waals surface area contributed by atoms with Gasteiger partial charge in [-0.15, -0.1) is 0 Å². The highest BCUT2D eigenvalue weighted by Crippen LogP contribution is 2.26. The van der Waals surface area contributed by atoms with Gasteiger partial charge in [0.1, 0.15) is 0 Å². The molecule has 18 heavy (non-hydrogen) atoms. The fourth-order valence-corrected chi connectivity index (χ4v) is 2.49. The smallest absolute Gasteiger partial charge is 0.303 e. The second-order valence-corrected chi connectivity index (χ2v) is 5.63. The van der Waals surface area contributed by atoms with Gasteiger partial charge in [-0.2, -0.15) is 0 Å². The van der Waals surface area contributed by atoms with Gasteiger partial charge in [0, 0.05) is 25.0 Å². The maximum absolute atomic E-state index is 12.3. The Balaban J connectivity index is 2.82. The molecule has 1 heterocycles. The zero-order valence-corrected chi connectivity index (χ0v) is 11.8. The quantitative estimate of drug-likeness (QED) is 0.802. The Labute approximate surface area is 109 Å². The Morgan fingerprint density at radius 2 is 2.11 bits per heavy atom. The molecule has 104 valence electrons. The lowest BCUT2D eigenvalue weighted by Crippen LogP contribution is -2.65. The first-order valence-corrected chi connectivity index (χ1v) is 6.53. The van der Waals surface area contributed by atoms with Crippen LogP contribution >= 0.6 is 0 Å². The first kappa shape index (κ1) is 15.0. The lowest BCUT2D eigenvalue weighted by Gasteiger charge is -2.49. The van der Waals surface area contributed by atoms with E-state index >= 15 is 0 Å². The summed E-state index contributed by atoms with van der Waals surface area (Å²) in [6.07, 6.45) is 1.35. The Morgan fingerprint density at radius 3 is 2.61 bits per heavy atom. The number of hydrogen-bond donors (Lipinski definition) is 1. The fraction of sp³-hybridized carbons (Fsp3) is 0.846. The van der Waals surface area contributed by atoms with Gasteiger partial charge in [0.25, 0.3) is 0 Å². The van der Waals surface area contributed by atoms with Crippen molar-refractivity contribution < 1.29 is 14.7 Å². The van der Waals surface area contributed by atoms with Crippen LogP contribution in [-0.2, 0) is 9.59 Å². The lowest BCUT2D eigenvalue weighted by molar-refractivity contribution is -0.149. The summed E-state index contributed by atoms with van der Waals surface area (Å²) in [6, 6.07) is -0.309. The van der Waals surface area contributed by atoms with Crippen LogP contribution in [0.3, 0.4) is 0 Å². The summed E-state index contributed by atoms with van der Waals surface area (Å²) >= 11 is 0. The summed E-state index contributed by atoms with van der Waals surface area (Å²) in [5, 5.41) is 8.77. The molecule has 0 aromatic rings. The lowest BCUT2D eigenvalue weighted by atomic mass is 9.93. The highest BCUT2D eigenvalue weighted by atomic mass is 16.4. The van der Waals surface area contributed by atoms with Gasteiger partial charge in [-0.1, -0.05) is 6.92 Å². The second-order valence-electron chi connectivity index (χ2n) is 5.63. The maximum atomic E-state index is 12.3. The molecule has 0 bridgehead atoms. The monoisotopic (exact) mass is 256 g/mol. The minimum Gasteiger partial charge on any atom is -0.481 e. The van der Waals surface area contributed by atoms with Crippen LogP contribution in [0, 0.1) is 0 Å². The molecule has 1 saturated heterocycles. The van der Waals surface area contributed by atoms with Gasteiger partial charge in [-0.05, 0) is 33.7 Å². The van der Waals surface area contributed by atoms with E-state index < -0.39 is 5.97 Å². The highest BCUT2D eigenvalue weighted by Gasteiger charge is 2.42. The van der Waals surface area contributed by atoms with E-state index in [4.69, 9.17) is 5.11 Å². The SMILES string of the molecule is CCCN1CC(C)(C)N(C)C(CCC(=O)O)C1=O. The Morgan fingerprint density at radius 1 is 1.50 bits per heavy atom. The predicted molar refractivity (Wildman–Crippen MR) is 69.4 cm³/mol. The highest BCUT2D eigenvalue weighted by molar-refractivity contribution is 5.83. The number of piperazine rings is 1. The zero-order valence-electron chi connectivity index (χ0n) is 11.8.